The second-order valence-electron chi connectivity index (χ2n) is 7.14. The van der Waals surface area contributed by atoms with Crippen LogP contribution in [0.5, 0.6) is 11.5 Å². The fourth-order valence-corrected chi connectivity index (χ4v) is 4.37. The SMILES string of the molecule is COc1cccc(C=NNC(=O)c2ccc(CN(c3cccc(Cl)c3Cl)S(C)(=O)=O)cc2)c1O. The van der Waals surface area contributed by atoms with Gasteiger partial charge in [-0.25, -0.2) is 13.8 Å². The van der Waals surface area contributed by atoms with Crippen LogP contribution in [0.25, 0.3) is 0 Å². The van der Waals surface area contributed by atoms with Gasteiger partial charge in [0, 0.05) is 11.1 Å². The number of aromatic hydroxyl groups is 1. The molecular weight excluding hydrogens is 501 g/mol. The topological polar surface area (TPSA) is 108 Å². The summed E-state index contributed by atoms with van der Waals surface area (Å²) in [6.45, 7) is -0.00589. The monoisotopic (exact) mass is 521 g/mol. The highest BCUT2D eigenvalue weighted by molar-refractivity contribution is 7.92. The molecule has 178 valence electrons. The summed E-state index contributed by atoms with van der Waals surface area (Å²) >= 11 is 12.3. The van der Waals surface area contributed by atoms with Crippen LogP contribution >= 0.6 is 23.2 Å². The van der Waals surface area contributed by atoms with E-state index in [0.29, 0.717) is 16.7 Å². The van der Waals surface area contributed by atoms with Gasteiger partial charge in [0.15, 0.2) is 11.5 Å². The third-order valence-corrected chi connectivity index (χ3v) is 6.70. The lowest BCUT2D eigenvalue weighted by Crippen LogP contribution is -2.29. The van der Waals surface area contributed by atoms with E-state index in [9.17, 15) is 18.3 Å². The van der Waals surface area contributed by atoms with Crippen molar-refractivity contribution >= 4 is 51.0 Å². The summed E-state index contributed by atoms with van der Waals surface area (Å²) in [5, 5.41) is 14.3. The molecule has 0 aliphatic heterocycles. The Morgan fingerprint density at radius 1 is 1.12 bits per heavy atom. The fraction of sp³-hybridized carbons (Fsp3) is 0.130. The van der Waals surface area contributed by atoms with Crippen LogP contribution in [0.15, 0.2) is 65.8 Å². The predicted octanol–water partition coefficient (Wildman–Crippen LogP) is 4.44. The fourth-order valence-electron chi connectivity index (χ4n) is 3.03. The van der Waals surface area contributed by atoms with Crippen molar-refractivity contribution in [3.63, 3.8) is 0 Å². The van der Waals surface area contributed by atoms with Crippen LogP contribution in [-0.4, -0.2) is 39.0 Å². The highest BCUT2D eigenvalue weighted by atomic mass is 35.5. The van der Waals surface area contributed by atoms with Gasteiger partial charge in [-0.1, -0.05) is 47.5 Å². The summed E-state index contributed by atoms with van der Waals surface area (Å²) in [5.41, 5.74) is 3.94. The number of sulfonamides is 1. The van der Waals surface area contributed by atoms with Crippen molar-refractivity contribution in [1.82, 2.24) is 5.43 Å². The lowest BCUT2D eigenvalue weighted by molar-refractivity contribution is 0.0955. The molecule has 0 fully saturated rings. The molecule has 0 bridgehead atoms. The number of hydrogen-bond acceptors (Lipinski definition) is 6. The van der Waals surface area contributed by atoms with Crippen LogP contribution in [-0.2, 0) is 16.6 Å². The number of phenols is 1. The second-order valence-corrected chi connectivity index (χ2v) is 9.83. The number of hydrogen-bond donors (Lipinski definition) is 2. The quantitative estimate of drug-likeness (QED) is 0.336. The Morgan fingerprint density at radius 3 is 2.44 bits per heavy atom. The average molecular weight is 522 g/mol. The highest BCUT2D eigenvalue weighted by Crippen LogP contribution is 2.34. The molecule has 1 amide bonds. The van der Waals surface area contributed by atoms with E-state index in [1.807, 2.05) is 0 Å². The van der Waals surface area contributed by atoms with Gasteiger partial charge in [0.2, 0.25) is 10.0 Å². The number of amides is 1. The largest absolute Gasteiger partial charge is 0.504 e. The van der Waals surface area contributed by atoms with Crippen molar-refractivity contribution in [1.29, 1.82) is 0 Å². The van der Waals surface area contributed by atoms with E-state index < -0.39 is 15.9 Å². The Hall–Kier alpha value is -3.27. The maximum Gasteiger partial charge on any atom is 0.271 e. The summed E-state index contributed by atoms with van der Waals surface area (Å²) in [7, 11) is -2.24. The normalized spacial score (nSPS) is 11.4. The first kappa shape index (κ1) is 25.4. The maximum absolute atomic E-state index is 12.4. The van der Waals surface area contributed by atoms with E-state index in [-0.39, 0.29) is 33.8 Å². The van der Waals surface area contributed by atoms with Gasteiger partial charge >= 0.3 is 0 Å². The zero-order valence-electron chi connectivity index (χ0n) is 18.2. The Bertz CT molecular complexity index is 1330. The van der Waals surface area contributed by atoms with Gasteiger partial charge in [-0.2, -0.15) is 5.10 Å². The van der Waals surface area contributed by atoms with Crippen LogP contribution in [0.1, 0.15) is 21.5 Å². The van der Waals surface area contributed by atoms with E-state index in [0.717, 1.165) is 10.6 Å². The summed E-state index contributed by atoms with van der Waals surface area (Å²) in [6, 6.07) is 16.0. The van der Waals surface area contributed by atoms with Crippen LogP contribution < -0.4 is 14.5 Å². The minimum Gasteiger partial charge on any atom is -0.504 e. The number of methoxy groups -OCH3 is 1. The molecule has 8 nitrogen and oxygen atoms in total. The number of phenolic OH excluding ortho intramolecular Hbond substituents is 1. The number of nitrogens with zero attached hydrogens (tertiary/aromatic N) is 2. The third kappa shape index (κ3) is 5.99. The number of ether oxygens (including phenoxy) is 1. The van der Waals surface area contributed by atoms with Crippen LogP contribution in [0.4, 0.5) is 5.69 Å². The first-order valence-corrected chi connectivity index (χ1v) is 12.4. The molecule has 3 rings (SSSR count). The van der Waals surface area contributed by atoms with E-state index >= 15 is 0 Å². The van der Waals surface area contributed by atoms with Crippen molar-refractivity contribution in [3.05, 3.63) is 87.4 Å². The lowest BCUT2D eigenvalue weighted by atomic mass is 10.1. The van der Waals surface area contributed by atoms with E-state index in [4.69, 9.17) is 27.9 Å². The summed E-state index contributed by atoms with van der Waals surface area (Å²) in [5.74, 6) is -0.293. The van der Waals surface area contributed by atoms with E-state index in [1.165, 1.54) is 13.3 Å². The van der Waals surface area contributed by atoms with Gasteiger partial charge in [0.1, 0.15) is 0 Å². The molecule has 0 unspecified atom stereocenters. The van der Waals surface area contributed by atoms with Crippen molar-refractivity contribution in [2.75, 3.05) is 17.7 Å². The molecule has 3 aromatic rings. The van der Waals surface area contributed by atoms with Crippen molar-refractivity contribution in [3.8, 4) is 11.5 Å². The van der Waals surface area contributed by atoms with Gasteiger partial charge in [-0.3, -0.25) is 9.10 Å². The van der Waals surface area contributed by atoms with E-state index in [2.05, 4.69) is 10.5 Å². The molecule has 0 aliphatic rings. The summed E-state index contributed by atoms with van der Waals surface area (Å²) in [4.78, 5) is 12.4. The summed E-state index contributed by atoms with van der Waals surface area (Å²) < 4.78 is 31.0. The molecule has 0 radical (unpaired) electrons. The van der Waals surface area contributed by atoms with Crippen molar-refractivity contribution in [2.24, 2.45) is 5.10 Å². The van der Waals surface area contributed by atoms with Gasteiger partial charge in [-0.05, 0) is 42.0 Å². The van der Waals surface area contributed by atoms with Gasteiger partial charge < -0.3 is 9.84 Å². The zero-order chi connectivity index (χ0) is 24.9. The number of rotatable bonds is 8. The van der Waals surface area contributed by atoms with Crippen molar-refractivity contribution in [2.45, 2.75) is 6.54 Å². The molecule has 3 aromatic carbocycles. The molecule has 0 aliphatic carbocycles. The van der Waals surface area contributed by atoms with Gasteiger partial charge in [-0.15, -0.1) is 0 Å². The minimum atomic E-state index is -3.67. The molecule has 0 heterocycles. The van der Waals surface area contributed by atoms with Gasteiger partial charge in [0.05, 0.1) is 41.9 Å². The smallest absolute Gasteiger partial charge is 0.271 e. The maximum atomic E-state index is 12.4. The second kappa shape index (κ2) is 10.8. The van der Waals surface area contributed by atoms with Gasteiger partial charge in [0.25, 0.3) is 5.91 Å². The number of carbonyl (C=O) groups is 1. The highest BCUT2D eigenvalue weighted by Gasteiger charge is 2.21. The van der Waals surface area contributed by atoms with Crippen LogP contribution in [0, 0.1) is 0 Å². The molecule has 2 N–H and O–H groups in total. The number of halogens is 2. The Kier molecular flexibility index (Phi) is 8.03. The molecule has 0 saturated heterocycles. The molecular formula is C23H21Cl2N3O5S. The number of benzene rings is 3. The molecule has 11 heteroatoms. The summed E-state index contributed by atoms with van der Waals surface area (Å²) in [6.07, 6.45) is 2.37. The predicted molar refractivity (Wildman–Crippen MR) is 134 cm³/mol. The first-order chi connectivity index (χ1) is 16.1. The molecule has 0 atom stereocenters. The minimum absolute atomic E-state index is 0.00589. The number of para-hydroxylation sites is 1. The number of carbonyl (C=O) groups excluding carboxylic acids is 1. The molecule has 0 saturated carbocycles. The standard InChI is InChI=1S/C23H21Cl2N3O5S/c1-33-20-8-3-5-17(22(20)29)13-26-27-23(30)16-11-9-15(10-12-16)14-28(34(2,31)32)19-7-4-6-18(24)21(19)25/h3-13,29H,14H2,1-2H3,(H,27,30). The van der Waals surface area contributed by atoms with Crippen LogP contribution in [0.2, 0.25) is 10.0 Å². The average Bonchev–Trinajstić information content (AvgIpc) is 2.80. The number of hydrazone groups is 1. The Balaban J connectivity index is 1.72. The Morgan fingerprint density at radius 2 is 1.79 bits per heavy atom. The molecule has 0 spiro atoms. The number of anilines is 1. The molecule has 34 heavy (non-hydrogen) atoms. The first-order valence-electron chi connectivity index (χ1n) is 9.82. The number of nitrogens with one attached hydrogen (secondary N) is 1. The lowest BCUT2D eigenvalue weighted by Gasteiger charge is -2.24. The van der Waals surface area contributed by atoms with Crippen molar-refractivity contribution < 1.29 is 23.1 Å². The van der Waals surface area contributed by atoms with E-state index in [1.54, 1.807) is 60.7 Å². The Labute approximate surface area is 207 Å². The third-order valence-electron chi connectivity index (χ3n) is 4.76. The molecule has 0 aromatic heterocycles. The zero-order valence-corrected chi connectivity index (χ0v) is 20.5. The van der Waals surface area contributed by atoms with Crippen LogP contribution in [0.3, 0.4) is 0 Å².